The molecule has 0 atom stereocenters. The fourth-order valence-corrected chi connectivity index (χ4v) is 3.72. The molecule has 6 N–H and O–H groups in total. The molecule has 4 rings (SSSR count). The van der Waals surface area contributed by atoms with Crippen LogP contribution < -0.4 is 11.5 Å². The number of aromatic carboxylic acids is 1. The third kappa shape index (κ3) is 2.44. The van der Waals surface area contributed by atoms with Crippen molar-refractivity contribution < 1.29 is 9.90 Å². The molecule has 0 aliphatic rings. The number of rotatable bonds is 3. The highest BCUT2D eigenvalue weighted by Crippen LogP contribution is 2.32. The first kappa shape index (κ1) is 16.0. The van der Waals surface area contributed by atoms with Gasteiger partial charge in [-0.3, -0.25) is 0 Å². The minimum atomic E-state index is -1.10. The van der Waals surface area contributed by atoms with Crippen LogP contribution in [0.15, 0.2) is 36.4 Å². The maximum Gasteiger partial charge on any atom is 0.336 e. The van der Waals surface area contributed by atoms with Gasteiger partial charge in [0.1, 0.15) is 0 Å². The molecule has 0 saturated heterocycles. The van der Waals surface area contributed by atoms with E-state index in [-0.39, 0.29) is 5.56 Å². The van der Waals surface area contributed by atoms with Gasteiger partial charge in [0.05, 0.1) is 27.0 Å². The number of pyridine rings is 1. The van der Waals surface area contributed by atoms with Gasteiger partial charge in [-0.2, -0.15) is 0 Å². The van der Waals surface area contributed by atoms with Crippen LogP contribution in [-0.2, 0) is 0 Å². The van der Waals surface area contributed by atoms with Crippen LogP contribution in [0.3, 0.4) is 0 Å². The first-order valence-corrected chi connectivity index (χ1v) is 8.43. The summed E-state index contributed by atoms with van der Waals surface area (Å²) >= 11 is 1.36. The number of hydrogen-bond acceptors (Lipinski definition) is 7. The van der Waals surface area contributed by atoms with Gasteiger partial charge in [0, 0.05) is 28.4 Å². The van der Waals surface area contributed by atoms with Crippen molar-refractivity contribution in [2.45, 2.75) is 0 Å². The maximum absolute atomic E-state index is 11.8. The Hall–Kier alpha value is -3.52. The zero-order chi connectivity index (χ0) is 18.4. The first-order chi connectivity index (χ1) is 12.5. The third-order valence-corrected chi connectivity index (χ3v) is 4.97. The van der Waals surface area contributed by atoms with Crippen molar-refractivity contribution in [3.63, 3.8) is 0 Å². The smallest absolute Gasteiger partial charge is 0.336 e. The minimum absolute atomic E-state index is 0.0553. The summed E-state index contributed by atoms with van der Waals surface area (Å²) < 4.78 is 0.899. The lowest BCUT2D eigenvalue weighted by molar-refractivity contribution is 0.0699. The zero-order valence-corrected chi connectivity index (χ0v) is 14.2. The number of carboxylic acids is 1. The molecule has 2 heterocycles. The minimum Gasteiger partial charge on any atom is -0.478 e. The summed E-state index contributed by atoms with van der Waals surface area (Å²) in [5.74, 6) is -1.10. The highest BCUT2D eigenvalue weighted by atomic mass is 32.1. The quantitative estimate of drug-likeness (QED) is 0.325. The van der Waals surface area contributed by atoms with Crippen molar-refractivity contribution >= 4 is 55.5 Å². The molecule has 128 valence electrons. The van der Waals surface area contributed by atoms with Gasteiger partial charge in [0.15, 0.2) is 5.13 Å². The van der Waals surface area contributed by atoms with Gasteiger partial charge in [-0.25, -0.2) is 14.8 Å². The molecule has 0 saturated carbocycles. The fraction of sp³-hybridized carbons (Fsp3) is 0. The van der Waals surface area contributed by atoms with Crippen LogP contribution in [0.2, 0.25) is 0 Å². The van der Waals surface area contributed by atoms with Crippen LogP contribution in [0.25, 0.3) is 32.4 Å². The second-order valence-corrected chi connectivity index (χ2v) is 6.76. The Morgan fingerprint density at radius 1 is 1.12 bits per heavy atom. The summed E-state index contributed by atoms with van der Waals surface area (Å²) in [5.41, 5.74) is 14.9. The topological polar surface area (TPSA) is 139 Å². The molecule has 0 amide bonds. The number of hydrogen-bond donors (Lipinski definition) is 4. The molecule has 4 aromatic rings. The number of thiazole rings is 1. The molecule has 2 aromatic carbocycles. The van der Waals surface area contributed by atoms with E-state index in [1.165, 1.54) is 17.4 Å². The van der Waals surface area contributed by atoms with E-state index in [0.29, 0.717) is 33.0 Å². The molecule has 0 bridgehead atoms. The van der Waals surface area contributed by atoms with Crippen LogP contribution in [0, 0.1) is 5.41 Å². The summed E-state index contributed by atoms with van der Waals surface area (Å²) in [6.45, 7) is 0. The summed E-state index contributed by atoms with van der Waals surface area (Å²) in [5, 5.41) is 18.1. The van der Waals surface area contributed by atoms with Gasteiger partial charge in [0.25, 0.3) is 0 Å². The molecule has 0 aliphatic carbocycles. The maximum atomic E-state index is 11.8. The molecule has 0 unspecified atom stereocenters. The largest absolute Gasteiger partial charge is 0.478 e. The fourth-order valence-electron chi connectivity index (χ4n) is 2.95. The van der Waals surface area contributed by atoms with Gasteiger partial charge >= 0.3 is 5.97 Å². The summed E-state index contributed by atoms with van der Waals surface area (Å²) in [7, 11) is 0. The highest BCUT2D eigenvalue weighted by molar-refractivity contribution is 7.22. The third-order valence-electron chi connectivity index (χ3n) is 4.12. The molecular weight excluding hydrogens is 350 g/mol. The number of nitrogen functional groups attached to an aromatic ring is 2. The number of carbonyl (C=O) groups is 1. The number of benzene rings is 2. The molecule has 0 aliphatic heterocycles. The van der Waals surface area contributed by atoms with Crippen molar-refractivity contribution in [1.82, 2.24) is 9.97 Å². The molecule has 0 spiro atoms. The first-order valence-electron chi connectivity index (χ1n) is 7.61. The van der Waals surface area contributed by atoms with Crippen LogP contribution in [0.4, 0.5) is 10.8 Å². The lowest BCUT2D eigenvalue weighted by Gasteiger charge is -2.11. The average molecular weight is 363 g/mol. The number of carboxylic acid groups (broad SMARTS) is 1. The van der Waals surface area contributed by atoms with Gasteiger partial charge in [-0.15, -0.1) is 0 Å². The standard InChI is InChI=1S/C18H13N5O2S/c19-7-10-11(20)2-4-13-16(10)9(17(24)25)6-14(22-13)8-1-3-12-15(5-8)26-18(21)23-12/h1-7,19H,20H2,(H2,21,23)(H,24,25). The average Bonchev–Trinajstić information content (AvgIpc) is 2.99. The van der Waals surface area contributed by atoms with E-state index in [0.717, 1.165) is 22.0 Å². The predicted octanol–water partition coefficient (Wildman–Crippen LogP) is 3.37. The monoisotopic (exact) mass is 363 g/mol. The normalized spacial score (nSPS) is 11.1. The highest BCUT2D eigenvalue weighted by Gasteiger charge is 2.17. The lowest BCUT2D eigenvalue weighted by atomic mass is 9.99. The number of anilines is 2. The van der Waals surface area contributed by atoms with Gasteiger partial charge in [-0.1, -0.05) is 17.4 Å². The molecule has 8 heteroatoms. The number of nitrogens with one attached hydrogen (secondary N) is 1. The van der Waals surface area contributed by atoms with Crippen LogP contribution in [0.5, 0.6) is 0 Å². The van der Waals surface area contributed by atoms with Crippen molar-refractivity contribution in [1.29, 1.82) is 5.41 Å². The summed E-state index contributed by atoms with van der Waals surface area (Å²) in [6.07, 6.45) is 1.05. The van der Waals surface area contributed by atoms with E-state index in [2.05, 4.69) is 9.97 Å². The number of nitrogens with zero attached hydrogens (tertiary/aromatic N) is 2. The number of fused-ring (bicyclic) bond motifs is 2. The van der Waals surface area contributed by atoms with E-state index in [4.69, 9.17) is 16.9 Å². The molecule has 0 radical (unpaired) electrons. The Labute approximate surface area is 151 Å². The molecule has 7 nitrogen and oxygen atoms in total. The lowest BCUT2D eigenvalue weighted by Crippen LogP contribution is -2.04. The molecule has 26 heavy (non-hydrogen) atoms. The number of nitrogens with two attached hydrogens (primary N) is 2. The second kappa shape index (κ2) is 5.78. The molecule has 2 aromatic heterocycles. The van der Waals surface area contributed by atoms with Crippen LogP contribution in [-0.4, -0.2) is 27.3 Å². The predicted molar refractivity (Wildman–Crippen MR) is 104 cm³/mol. The Morgan fingerprint density at radius 2 is 1.88 bits per heavy atom. The van der Waals surface area contributed by atoms with E-state index < -0.39 is 5.97 Å². The van der Waals surface area contributed by atoms with Crippen molar-refractivity contribution in [2.24, 2.45) is 0 Å². The SMILES string of the molecule is N=Cc1c(N)ccc2nc(-c3ccc4nc(N)sc4c3)cc(C(=O)O)c12. The van der Waals surface area contributed by atoms with Crippen LogP contribution in [0.1, 0.15) is 15.9 Å². The summed E-state index contributed by atoms with van der Waals surface area (Å²) in [6, 6.07) is 10.3. The van der Waals surface area contributed by atoms with Gasteiger partial charge in [-0.05, 0) is 30.3 Å². The zero-order valence-electron chi connectivity index (χ0n) is 13.4. The van der Waals surface area contributed by atoms with E-state index >= 15 is 0 Å². The van der Waals surface area contributed by atoms with E-state index in [1.54, 1.807) is 12.1 Å². The molecular formula is C18H13N5O2S. The second-order valence-electron chi connectivity index (χ2n) is 5.70. The Balaban J connectivity index is 2.02. The van der Waals surface area contributed by atoms with Crippen molar-refractivity contribution in [3.8, 4) is 11.3 Å². The van der Waals surface area contributed by atoms with Crippen LogP contribution >= 0.6 is 11.3 Å². The molecule has 0 fully saturated rings. The van der Waals surface area contributed by atoms with E-state index in [9.17, 15) is 9.90 Å². The Kier molecular flexibility index (Phi) is 3.55. The van der Waals surface area contributed by atoms with Crippen molar-refractivity contribution in [3.05, 3.63) is 47.5 Å². The Morgan fingerprint density at radius 3 is 2.62 bits per heavy atom. The Bertz CT molecular complexity index is 1220. The van der Waals surface area contributed by atoms with E-state index in [1.807, 2.05) is 18.2 Å². The number of aromatic nitrogens is 2. The van der Waals surface area contributed by atoms with Gasteiger partial charge in [0.2, 0.25) is 0 Å². The summed E-state index contributed by atoms with van der Waals surface area (Å²) in [4.78, 5) is 20.6. The van der Waals surface area contributed by atoms with Crippen molar-refractivity contribution in [2.75, 3.05) is 11.5 Å². The van der Waals surface area contributed by atoms with Gasteiger partial charge < -0.3 is 22.0 Å².